The Kier molecular flexibility index (Phi) is 3.79. The fourth-order valence-electron chi connectivity index (χ4n) is 1.56. The highest BCUT2D eigenvalue weighted by Gasteiger charge is 2.07. The van der Waals surface area contributed by atoms with Crippen LogP contribution >= 0.6 is 0 Å². The average molecular weight is 262 g/mol. The van der Waals surface area contributed by atoms with Gasteiger partial charge < -0.3 is 15.4 Å². The molecule has 2 N–H and O–H groups in total. The maximum Gasteiger partial charge on any atom is 0.224 e. The van der Waals surface area contributed by atoms with Crippen LogP contribution in [0.4, 0.5) is 21.8 Å². The lowest BCUT2D eigenvalue weighted by atomic mass is 10.2. The molecule has 0 radical (unpaired) electrons. The molecule has 0 bridgehead atoms. The number of aryl methyl sites for hydroxylation is 1. The lowest BCUT2D eigenvalue weighted by Gasteiger charge is -2.11. The molecule has 100 valence electrons. The summed E-state index contributed by atoms with van der Waals surface area (Å²) in [6, 6.07) is 4.55. The smallest absolute Gasteiger partial charge is 0.224 e. The Morgan fingerprint density at radius 2 is 2.11 bits per heavy atom. The molecule has 0 aliphatic carbocycles. The average Bonchev–Trinajstić information content (AvgIpc) is 2.43. The van der Waals surface area contributed by atoms with Crippen molar-refractivity contribution in [1.82, 2.24) is 9.97 Å². The normalized spacial score (nSPS) is 10.1. The molecule has 1 aromatic heterocycles. The minimum absolute atomic E-state index is 0.186. The molecule has 0 saturated carbocycles. The first-order chi connectivity index (χ1) is 9.13. The fraction of sp³-hybridized carbons (Fsp3) is 0.231. The van der Waals surface area contributed by atoms with Gasteiger partial charge in [0.15, 0.2) is 11.6 Å². The largest absolute Gasteiger partial charge is 0.494 e. The van der Waals surface area contributed by atoms with Gasteiger partial charge in [0.25, 0.3) is 0 Å². The number of hydrogen-bond acceptors (Lipinski definition) is 5. The molecule has 1 aromatic carbocycles. The van der Waals surface area contributed by atoms with Gasteiger partial charge in [0.2, 0.25) is 5.95 Å². The zero-order valence-corrected chi connectivity index (χ0v) is 11.0. The molecule has 0 aliphatic rings. The zero-order valence-electron chi connectivity index (χ0n) is 11.0. The van der Waals surface area contributed by atoms with E-state index in [1.807, 2.05) is 6.92 Å². The highest BCUT2D eigenvalue weighted by molar-refractivity contribution is 5.61. The summed E-state index contributed by atoms with van der Waals surface area (Å²) in [5, 5.41) is 5.98. The second-order valence-corrected chi connectivity index (χ2v) is 3.95. The first kappa shape index (κ1) is 13.1. The number of benzene rings is 1. The Balaban J connectivity index is 2.30. The number of ether oxygens (including phenoxy) is 1. The fourth-order valence-corrected chi connectivity index (χ4v) is 1.56. The third kappa shape index (κ3) is 2.90. The number of rotatable bonds is 4. The number of aromatic nitrogens is 2. The number of methoxy groups -OCH3 is 1. The molecule has 19 heavy (non-hydrogen) atoms. The van der Waals surface area contributed by atoms with Crippen molar-refractivity contribution >= 4 is 17.5 Å². The van der Waals surface area contributed by atoms with Crippen LogP contribution in [0.1, 0.15) is 5.56 Å². The summed E-state index contributed by atoms with van der Waals surface area (Å²) in [6.45, 7) is 1.89. The van der Waals surface area contributed by atoms with Crippen LogP contribution in [0, 0.1) is 12.7 Å². The van der Waals surface area contributed by atoms with E-state index in [0.717, 1.165) is 5.56 Å². The molecule has 0 spiro atoms. The van der Waals surface area contributed by atoms with Gasteiger partial charge in [-0.25, -0.2) is 9.37 Å². The van der Waals surface area contributed by atoms with E-state index in [0.29, 0.717) is 17.5 Å². The van der Waals surface area contributed by atoms with Gasteiger partial charge in [-0.05, 0) is 19.1 Å². The second-order valence-electron chi connectivity index (χ2n) is 3.95. The summed E-state index contributed by atoms with van der Waals surface area (Å²) in [5.74, 6) is 0.962. The predicted molar refractivity (Wildman–Crippen MR) is 72.6 cm³/mol. The number of nitrogens with zero attached hydrogens (tertiary/aromatic N) is 2. The SMILES string of the molecule is CNc1ncc(C)c(Nc2ccc(F)c(OC)c2)n1. The maximum atomic E-state index is 13.3. The van der Waals surface area contributed by atoms with Crippen LogP contribution in [-0.2, 0) is 0 Å². The standard InChI is InChI=1S/C13H15FN4O/c1-8-7-16-13(15-2)18-12(8)17-9-4-5-10(14)11(6-9)19-3/h4-7H,1-3H3,(H2,15,16,17,18). The topological polar surface area (TPSA) is 59.1 Å². The highest BCUT2D eigenvalue weighted by Crippen LogP contribution is 2.25. The third-order valence-corrected chi connectivity index (χ3v) is 2.61. The predicted octanol–water partition coefficient (Wildman–Crippen LogP) is 2.72. The summed E-state index contributed by atoms with van der Waals surface area (Å²) in [5.41, 5.74) is 1.59. The van der Waals surface area contributed by atoms with Gasteiger partial charge in [0.05, 0.1) is 7.11 Å². The number of nitrogens with one attached hydrogen (secondary N) is 2. The molecule has 0 fully saturated rings. The van der Waals surface area contributed by atoms with Crippen LogP contribution in [0.15, 0.2) is 24.4 Å². The third-order valence-electron chi connectivity index (χ3n) is 2.61. The highest BCUT2D eigenvalue weighted by atomic mass is 19.1. The van der Waals surface area contributed by atoms with Gasteiger partial charge in [0, 0.05) is 30.6 Å². The van der Waals surface area contributed by atoms with E-state index in [4.69, 9.17) is 4.74 Å². The van der Waals surface area contributed by atoms with Crippen molar-refractivity contribution in [3.8, 4) is 5.75 Å². The minimum Gasteiger partial charge on any atom is -0.494 e. The van der Waals surface area contributed by atoms with Crippen molar-refractivity contribution in [2.24, 2.45) is 0 Å². The van der Waals surface area contributed by atoms with Gasteiger partial charge in [-0.3, -0.25) is 0 Å². The van der Waals surface area contributed by atoms with Crippen LogP contribution in [0.25, 0.3) is 0 Å². The van der Waals surface area contributed by atoms with E-state index < -0.39 is 5.82 Å². The van der Waals surface area contributed by atoms with E-state index in [-0.39, 0.29) is 5.75 Å². The minimum atomic E-state index is -0.400. The molecular weight excluding hydrogens is 247 g/mol. The Bertz CT molecular complexity index is 589. The van der Waals surface area contributed by atoms with Crippen LogP contribution in [0.3, 0.4) is 0 Å². The quantitative estimate of drug-likeness (QED) is 0.887. The van der Waals surface area contributed by atoms with E-state index in [2.05, 4.69) is 20.6 Å². The van der Waals surface area contributed by atoms with Gasteiger partial charge in [-0.2, -0.15) is 4.98 Å². The molecule has 2 aromatic rings. The first-order valence-electron chi connectivity index (χ1n) is 5.76. The van der Waals surface area contributed by atoms with Crippen molar-refractivity contribution < 1.29 is 9.13 Å². The summed E-state index contributed by atoms with van der Waals surface area (Å²) in [6.07, 6.45) is 1.71. The number of anilines is 3. The van der Waals surface area contributed by atoms with Gasteiger partial charge in [-0.15, -0.1) is 0 Å². The maximum absolute atomic E-state index is 13.3. The van der Waals surface area contributed by atoms with Gasteiger partial charge in [0.1, 0.15) is 5.82 Å². The Labute approximate surface area is 110 Å². The molecular formula is C13H15FN4O. The number of hydrogen-bond donors (Lipinski definition) is 2. The van der Waals surface area contributed by atoms with E-state index >= 15 is 0 Å². The van der Waals surface area contributed by atoms with Crippen molar-refractivity contribution in [2.75, 3.05) is 24.8 Å². The van der Waals surface area contributed by atoms with Crippen molar-refractivity contribution in [2.45, 2.75) is 6.92 Å². The molecule has 0 atom stereocenters. The molecule has 5 nitrogen and oxygen atoms in total. The van der Waals surface area contributed by atoms with Crippen molar-refractivity contribution in [3.63, 3.8) is 0 Å². The molecule has 1 heterocycles. The molecule has 0 aliphatic heterocycles. The molecule has 0 saturated heterocycles. The monoisotopic (exact) mass is 262 g/mol. The van der Waals surface area contributed by atoms with Crippen molar-refractivity contribution in [1.29, 1.82) is 0 Å². The molecule has 6 heteroatoms. The van der Waals surface area contributed by atoms with Crippen LogP contribution in [-0.4, -0.2) is 24.1 Å². The summed E-state index contributed by atoms with van der Waals surface area (Å²) in [7, 11) is 3.17. The lowest BCUT2D eigenvalue weighted by molar-refractivity contribution is 0.387. The molecule has 0 amide bonds. The molecule has 0 unspecified atom stereocenters. The first-order valence-corrected chi connectivity index (χ1v) is 5.76. The van der Waals surface area contributed by atoms with Crippen LogP contribution in [0.2, 0.25) is 0 Å². The Morgan fingerprint density at radius 3 is 2.79 bits per heavy atom. The number of halogens is 1. The van der Waals surface area contributed by atoms with E-state index in [1.165, 1.54) is 13.2 Å². The summed E-state index contributed by atoms with van der Waals surface area (Å²) < 4.78 is 18.3. The summed E-state index contributed by atoms with van der Waals surface area (Å²) in [4.78, 5) is 8.40. The lowest BCUT2D eigenvalue weighted by Crippen LogP contribution is -2.02. The Hall–Kier alpha value is -2.37. The zero-order chi connectivity index (χ0) is 13.8. The Morgan fingerprint density at radius 1 is 1.32 bits per heavy atom. The van der Waals surface area contributed by atoms with E-state index in [1.54, 1.807) is 25.4 Å². The van der Waals surface area contributed by atoms with Crippen LogP contribution in [0.5, 0.6) is 5.75 Å². The van der Waals surface area contributed by atoms with Crippen molar-refractivity contribution in [3.05, 3.63) is 35.8 Å². The van der Waals surface area contributed by atoms with Gasteiger partial charge in [-0.1, -0.05) is 0 Å². The van der Waals surface area contributed by atoms with Crippen LogP contribution < -0.4 is 15.4 Å². The summed E-state index contributed by atoms with van der Waals surface area (Å²) >= 11 is 0. The second kappa shape index (κ2) is 5.51. The van der Waals surface area contributed by atoms with Gasteiger partial charge >= 0.3 is 0 Å². The molecule has 2 rings (SSSR count). The van der Waals surface area contributed by atoms with E-state index in [9.17, 15) is 4.39 Å².